The van der Waals surface area contributed by atoms with Crippen LogP contribution in [0.4, 0.5) is 0 Å². The van der Waals surface area contributed by atoms with Crippen LogP contribution in [0.1, 0.15) is 66.8 Å². The SMILES string of the molecule is Cc1cccc(C)c1-c1ccc2c(c1)-c1c(ccc3c1c(=O)n1c(=O)c4c5c(ccc4n31)C(c1ccccc1)(c1ccccc1)c1ccc(-c3c(C)cccc3C)cc1-5)C2(c1ccccc1)c1ccccc1. The van der Waals surface area contributed by atoms with Crippen molar-refractivity contribution in [1.82, 2.24) is 9.03 Å². The van der Waals surface area contributed by atoms with E-state index in [-0.39, 0.29) is 11.1 Å². The number of nitrogens with zero attached hydrogens (tertiary/aromatic N) is 2. The summed E-state index contributed by atoms with van der Waals surface area (Å²) in [4.78, 5) is 31.9. The van der Waals surface area contributed by atoms with Crippen LogP contribution in [0.25, 0.3) is 66.3 Å². The van der Waals surface area contributed by atoms with Gasteiger partial charge in [-0.15, -0.1) is 0 Å². The Hall–Kier alpha value is -8.86. The minimum atomic E-state index is -0.748. The summed E-state index contributed by atoms with van der Waals surface area (Å²) in [5, 5.41) is 1.09. The zero-order valence-electron chi connectivity index (χ0n) is 40.5. The summed E-state index contributed by atoms with van der Waals surface area (Å²) in [6, 6.07) is 77.8. The maximum Gasteiger partial charge on any atom is 0.283 e. The van der Waals surface area contributed by atoms with Crippen molar-refractivity contribution < 1.29 is 0 Å². The van der Waals surface area contributed by atoms with E-state index < -0.39 is 10.8 Å². The van der Waals surface area contributed by atoms with E-state index in [1.54, 1.807) is 0 Å². The standard InChI is InChI=1S/C68H48N2O2/c1-41-19-17-20-42(2)59(41)45-31-33-53-51(39-45)61-55(67(53,47-23-9-5-10-24-47)48-25-11-6-12-26-48)35-37-57-63(61)65(71)70-66(72)64-58(69(57)70)38-36-56-62(64)52-40-46(60-43(3)21-18-22-44(60)4)32-34-54(52)68(56,49-27-13-7-14-28-49)50-29-15-8-16-30-50/h5-40H,1-4H3. The van der Waals surface area contributed by atoms with Crippen LogP contribution in [-0.4, -0.2) is 9.03 Å². The van der Waals surface area contributed by atoms with Gasteiger partial charge in [-0.05, 0) is 152 Å². The van der Waals surface area contributed by atoms with Gasteiger partial charge in [-0.3, -0.25) is 9.59 Å². The van der Waals surface area contributed by atoms with Crippen LogP contribution in [0.5, 0.6) is 0 Å². The molecular formula is C68H48N2O2. The fraction of sp³-hybridized carbons (Fsp3) is 0.0882. The second kappa shape index (κ2) is 15.3. The van der Waals surface area contributed by atoms with Gasteiger partial charge in [-0.25, -0.2) is 4.52 Å². The van der Waals surface area contributed by atoms with Crippen molar-refractivity contribution in [1.29, 1.82) is 0 Å². The highest BCUT2D eigenvalue weighted by Gasteiger charge is 2.50. The van der Waals surface area contributed by atoms with Crippen LogP contribution >= 0.6 is 0 Å². The summed E-state index contributed by atoms with van der Waals surface area (Å²) in [7, 11) is 0. The van der Waals surface area contributed by atoms with Gasteiger partial charge in [0, 0.05) is 11.1 Å². The largest absolute Gasteiger partial charge is 0.283 e. The van der Waals surface area contributed by atoms with Gasteiger partial charge >= 0.3 is 0 Å². The first kappa shape index (κ1) is 42.1. The molecule has 10 aromatic carbocycles. The molecule has 0 atom stereocenters. The van der Waals surface area contributed by atoms with Gasteiger partial charge in [-0.2, -0.15) is 4.52 Å². The van der Waals surface area contributed by atoms with Crippen LogP contribution in [-0.2, 0) is 10.8 Å². The van der Waals surface area contributed by atoms with Crippen molar-refractivity contribution in [3.05, 3.63) is 306 Å². The average molecular weight is 925 g/mol. The van der Waals surface area contributed by atoms with E-state index in [4.69, 9.17) is 0 Å². The van der Waals surface area contributed by atoms with Crippen molar-refractivity contribution in [2.45, 2.75) is 38.5 Å². The molecule has 0 unspecified atom stereocenters. The molecule has 0 saturated carbocycles. The molecule has 342 valence electrons. The lowest BCUT2D eigenvalue weighted by atomic mass is 9.67. The Kier molecular flexibility index (Phi) is 8.95. The van der Waals surface area contributed by atoms with E-state index in [0.29, 0.717) is 21.8 Å². The second-order valence-electron chi connectivity index (χ2n) is 20.0. The fourth-order valence-electron chi connectivity index (χ4n) is 13.6. The molecular weight excluding hydrogens is 877 g/mol. The molecule has 12 aromatic rings. The molecule has 0 N–H and O–H groups in total. The van der Waals surface area contributed by atoms with Crippen molar-refractivity contribution in [3.63, 3.8) is 0 Å². The quantitative estimate of drug-likeness (QED) is 0.167. The topological polar surface area (TPSA) is 43.0 Å². The van der Waals surface area contributed by atoms with Gasteiger partial charge in [0.2, 0.25) is 0 Å². The molecule has 4 heteroatoms. The number of hydrogen-bond donors (Lipinski definition) is 0. The first-order chi connectivity index (χ1) is 35.2. The summed E-state index contributed by atoms with van der Waals surface area (Å²) >= 11 is 0. The first-order valence-corrected chi connectivity index (χ1v) is 24.9. The summed E-state index contributed by atoms with van der Waals surface area (Å²) in [5.41, 5.74) is 21.0. The molecule has 0 radical (unpaired) electrons. The Morgan fingerprint density at radius 2 is 0.625 bits per heavy atom. The van der Waals surface area contributed by atoms with Crippen molar-refractivity contribution in [2.24, 2.45) is 0 Å². The van der Waals surface area contributed by atoms with Gasteiger partial charge in [0.25, 0.3) is 11.1 Å². The fourth-order valence-corrected chi connectivity index (χ4v) is 13.6. The Morgan fingerprint density at radius 1 is 0.306 bits per heavy atom. The van der Waals surface area contributed by atoms with Crippen molar-refractivity contribution in [3.8, 4) is 44.5 Å². The molecule has 2 heterocycles. The van der Waals surface area contributed by atoms with Gasteiger partial charge < -0.3 is 0 Å². The lowest BCUT2D eigenvalue weighted by Crippen LogP contribution is -2.28. The third-order valence-corrected chi connectivity index (χ3v) is 16.4. The van der Waals surface area contributed by atoms with Crippen LogP contribution < -0.4 is 11.1 Å². The molecule has 0 spiro atoms. The number of benzene rings is 10. The number of fused-ring (bicyclic) bond motifs is 13. The highest BCUT2D eigenvalue weighted by molar-refractivity contribution is 6.08. The number of hydrogen-bond acceptors (Lipinski definition) is 2. The lowest BCUT2D eigenvalue weighted by molar-refractivity contribution is 0.769. The van der Waals surface area contributed by atoms with Gasteiger partial charge in [0.15, 0.2) is 0 Å². The molecule has 0 fully saturated rings. The molecule has 4 nitrogen and oxygen atoms in total. The third-order valence-electron chi connectivity index (χ3n) is 16.4. The molecule has 2 aliphatic rings. The number of aryl methyl sites for hydroxylation is 4. The maximum absolute atomic E-state index is 16.0. The predicted molar refractivity (Wildman–Crippen MR) is 294 cm³/mol. The first-order valence-electron chi connectivity index (χ1n) is 24.9. The summed E-state index contributed by atoms with van der Waals surface area (Å²) in [6.45, 7) is 8.66. The Morgan fingerprint density at radius 3 is 0.958 bits per heavy atom. The zero-order valence-corrected chi connectivity index (χ0v) is 40.5. The van der Waals surface area contributed by atoms with Gasteiger partial charge in [0.05, 0.1) is 32.6 Å². The monoisotopic (exact) mass is 924 g/mol. The van der Waals surface area contributed by atoms with Gasteiger partial charge in [0.1, 0.15) is 0 Å². The minimum Gasteiger partial charge on any atom is -0.267 e. The lowest BCUT2D eigenvalue weighted by Gasteiger charge is -2.34. The summed E-state index contributed by atoms with van der Waals surface area (Å²) in [6.07, 6.45) is 0. The van der Waals surface area contributed by atoms with E-state index in [1.807, 2.05) is 4.52 Å². The molecule has 0 saturated heterocycles. The van der Waals surface area contributed by atoms with Crippen molar-refractivity contribution >= 4 is 21.8 Å². The maximum atomic E-state index is 16.0. The van der Waals surface area contributed by atoms with Crippen LogP contribution in [0.3, 0.4) is 0 Å². The molecule has 0 bridgehead atoms. The van der Waals surface area contributed by atoms with E-state index in [0.717, 1.165) is 77.9 Å². The zero-order chi connectivity index (χ0) is 48.6. The van der Waals surface area contributed by atoms with E-state index in [2.05, 4.69) is 246 Å². The summed E-state index contributed by atoms with van der Waals surface area (Å²) < 4.78 is 3.34. The number of aromatic nitrogens is 2. The average Bonchev–Trinajstić information content (AvgIpc) is 4.09. The van der Waals surface area contributed by atoms with Gasteiger partial charge in [-0.1, -0.05) is 194 Å². The van der Waals surface area contributed by atoms with E-state index >= 15 is 9.59 Å². The van der Waals surface area contributed by atoms with Crippen LogP contribution in [0.2, 0.25) is 0 Å². The Balaban J connectivity index is 1.12. The van der Waals surface area contributed by atoms with Crippen molar-refractivity contribution in [2.75, 3.05) is 0 Å². The normalized spacial score (nSPS) is 13.9. The van der Waals surface area contributed by atoms with Crippen LogP contribution in [0.15, 0.2) is 228 Å². The molecule has 2 aromatic heterocycles. The highest BCUT2D eigenvalue weighted by atomic mass is 16.2. The smallest absolute Gasteiger partial charge is 0.267 e. The highest BCUT2D eigenvalue weighted by Crippen LogP contribution is 2.60. The van der Waals surface area contributed by atoms with E-state index in [9.17, 15) is 0 Å². The second-order valence-corrected chi connectivity index (χ2v) is 20.0. The molecule has 0 amide bonds. The van der Waals surface area contributed by atoms with E-state index in [1.165, 1.54) is 37.9 Å². The molecule has 72 heavy (non-hydrogen) atoms. The Labute approximate surface area is 417 Å². The molecule has 0 aliphatic heterocycles. The van der Waals surface area contributed by atoms with Crippen LogP contribution in [0, 0.1) is 27.7 Å². The third kappa shape index (κ3) is 5.36. The molecule has 2 aliphatic carbocycles. The molecule has 14 rings (SSSR count). The number of rotatable bonds is 6. The predicted octanol–water partition coefficient (Wildman–Crippen LogP) is 14.8. The minimum absolute atomic E-state index is 0.322. The summed E-state index contributed by atoms with van der Waals surface area (Å²) in [5.74, 6) is 0. The Bertz CT molecular complexity index is 3940.